The van der Waals surface area contributed by atoms with Crippen molar-refractivity contribution in [3.63, 3.8) is 0 Å². The highest BCUT2D eigenvalue weighted by atomic mass is 127. The lowest BCUT2D eigenvalue weighted by Gasteiger charge is -2.34. The van der Waals surface area contributed by atoms with Crippen molar-refractivity contribution < 1.29 is 9.13 Å². The number of guanidine groups is 1. The van der Waals surface area contributed by atoms with E-state index in [-0.39, 0.29) is 35.8 Å². The quantitative estimate of drug-likeness (QED) is 0.283. The molecule has 1 saturated heterocycles. The van der Waals surface area contributed by atoms with Crippen LogP contribution in [0.15, 0.2) is 41.9 Å². The molecular weight excluding hydrogens is 434 g/mol. The van der Waals surface area contributed by atoms with Gasteiger partial charge in [-0.1, -0.05) is 18.2 Å². The number of hydrogen-bond acceptors (Lipinski definition) is 3. The molecule has 1 atom stereocenters. The van der Waals surface area contributed by atoms with Crippen molar-refractivity contribution in [1.29, 1.82) is 0 Å². The maximum absolute atomic E-state index is 13.3. The van der Waals surface area contributed by atoms with Crippen molar-refractivity contribution in [2.24, 2.45) is 4.99 Å². The Hall–Kier alpha value is -1.19. The Morgan fingerprint density at radius 2 is 2.00 bits per heavy atom. The van der Waals surface area contributed by atoms with E-state index in [1.165, 1.54) is 12.1 Å². The van der Waals surface area contributed by atoms with E-state index in [9.17, 15) is 4.39 Å². The number of ether oxygens (including phenoxy) is 1. The van der Waals surface area contributed by atoms with Gasteiger partial charge in [0.1, 0.15) is 5.82 Å². The van der Waals surface area contributed by atoms with Crippen LogP contribution >= 0.6 is 24.0 Å². The third kappa shape index (κ3) is 7.29. The highest BCUT2D eigenvalue weighted by Gasteiger charge is 2.22. The molecule has 1 aliphatic rings. The van der Waals surface area contributed by atoms with Crippen LogP contribution < -0.4 is 10.6 Å². The molecule has 0 saturated carbocycles. The van der Waals surface area contributed by atoms with Crippen molar-refractivity contribution in [2.45, 2.75) is 13.0 Å². The van der Waals surface area contributed by atoms with Gasteiger partial charge in [0.15, 0.2) is 5.96 Å². The van der Waals surface area contributed by atoms with Crippen molar-refractivity contribution >= 4 is 29.9 Å². The first kappa shape index (κ1) is 21.9. The second-order valence-electron chi connectivity index (χ2n) is 5.60. The number of morpholine rings is 1. The van der Waals surface area contributed by atoms with Gasteiger partial charge in [-0.3, -0.25) is 9.89 Å². The molecule has 25 heavy (non-hydrogen) atoms. The summed E-state index contributed by atoms with van der Waals surface area (Å²) in [6.07, 6.45) is 1.80. The number of aliphatic imine (C=N–C) groups is 1. The number of halogens is 2. The molecule has 1 aromatic rings. The monoisotopic (exact) mass is 462 g/mol. The third-order valence-corrected chi connectivity index (χ3v) is 3.92. The van der Waals surface area contributed by atoms with E-state index >= 15 is 0 Å². The number of nitrogens with one attached hydrogen (secondary N) is 2. The Balaban J connectivity index is 0.00000312. The Labute approximate surface area is 166 Å². The second-order valence-corrected chi connectivity index (χ2v) is 5.60. The predicted octanol–water partition coefficient (Wildman–Crippen LogP) is 2.56. The molecule has 0 aromatic heterocycles. The summed E-state index contributed by atoms with van der Waals surface area (Å²) in [6.45, 7) is 10.9. The van der Waals surface area contributed by atoms with Crippen LogP contribution in [0.3, 0.4) is 0 Å². The van der Waals surface area contributed by atoms with E-state index in [0.717, 1.165) is 44.4 Å². The summed E-state index contributed by atoms with van der Waals surface area (Å²) in [5.74, 6) is 0.543. The Bertz CT molecular complexity index is 532. The molecule has 7 heteroatoms. The lowest BCUT2D eigenvalue weighted by molar-refractivity contribution is 0.0179. The SMILES string of the molecule is C=CCNC(=NCC(c1ccc(F)cc1)N1CCOCC1)NCC.I. The predicted molar refractivity (Wildman–Crippen MR) is 111 cm³/mol. The van der Waals surface area contributed by atoms with Crippen LogP contribution in [0, 0.1) is 5.82 Å². The van der Waals surface area contributed by atoms with Gasteiger partial charge in [0.25, 0.3) is 0 Å². The molecule has 1 aliphatic heterocycles. The van der Waals surface area contributed by atoms with Crippen molar-refractivity contribution in [3.8, 4) is 0 Å². The van der Waals surface area contributed by atoms with Crippen LogP contribution in [0.25, 0.3) is 0 Å². The van der Waals surface area contributed by atoms with Crippen molar-refractivity contribution in [2.75, 3.05) is 45.9 Å². The lowest BCUT2D eigenvalue weighted by Crippen LogP contribution is -2.41. The minimum Gasteiger partial charge on any atom is -0.379 e. The van der Waals surface area contributed by atoms with Crippen molar-refractivity contribution in [3.05, 3.63) is 48.3 Å². The van der Waals surface area contributed by atoms with Crippen LogP contribution in [0.2, 0.25) is 0 Å². The average molecular weight is 462 g/mol. The topological polar surface area (TPSA) is 48.9 Å². The fourth-order valence-electron chi connectivity index (χ4n) is 2.69. The van der Waals surface area contributed by atoms with E-state index in [4.69, 9.17) is 9.73 Å². The minimum absolute atomic E-state index is 0. The smallest absolute Gasteiger partial charge is 0.191 e. The molecule has 1 unspecified atom stereocenters. The molecule has 1 heterocycles. The molecule has 0 bridgehead atoms. The normalized spacial score (nSPS) is 16.6. The molecule has 5 nitrogen and oxygen atoms in total. The van der Waals surface area contributed by atoms with Crippen LogP contribution in [0.5, 0.6) is 0 Å². The zero-order valence-corrected chi connectivity index (χ0v) is 17.0. The van der Waals surface area contributed by atoms with Gasteiger partial charge in [-0.15, -0.1) is 30.6 Å². The highest BCUT2D eigenvalue weighted by Crippen LogP contribution is 2.22. The largest absolute Gasteiger partial charge is 0.379 e. The van der Waals surface area contributed by atoms with E-state index in [1.54, 1.807) is 6.08 Å². The third-order valence-electron chi connectivity index (χ3n) is 3.92. The van der Waals surface area contributed by atoms with Crippen LogP contribution in [-0.4, -0.2) is 56.8 Å². The summed E-state index contributed by atoms with van der Waals surface area (Å²) in [5.41, 5.74) is 1.07. The zero-order chi connectivity index (χ0) is 17.2. The second kappa shape index (κ2) is 12.2. The minimum atomic E-state index is -0.219. The molecule has 0 amide bonds. The van der Waals surface area contributed by atoms with E-state index in [0.29, 0.717) is 13.1 Å². The summed E-state index contributed by atoms with van der Waals surface area (Å²) in [7, 11) is 0. The van der Waals surface area contributed by atoms with Gasteiger partial charge in [0, 0.05) is 26.2 Å². The molecular formula is C18H28FIN4O. The molecule has 0 aliphatic carbocycles. The lowest BCUT2D eigenvalue weighted by atomic mass is 10.0. The maximum atomic E-state index is 13.3. The van der Waals surface area contributed by atoms with Gasteiger partial charge in [-0.2, -0.15) is 0 Å². The highest BCUT2D eigenvalue weighted by molar-refractivity contribution is 14.0. The summed E-state index contributed by atoms with van der Waals surface area (Å²) in [6, 6.07) is 6.81. The summed E-state index contributed by atoms with van der Waals surface area (Å²) in [4.78, 5) is 7.04. The Morgan fingerprint density at radius 1 is 1.32 bits per heavy atom. The van der Waals surface area contributed by atoms with Gasteiger partial charge in [0.05, 0.1) is 25.8 Å². The number of nitrogens with zero attached hydrogens (tertiary/aromatic N) is 2. The summed E-state index contributed by atoms with van der Waals surface area (Å²) < 4.78 is 18.7. The zero-order valence-electron chi connectivity index (χ0n) is 14.7. The Morgan fingerprint density at radius 3 is 2.60 bits per heavy atom. The van der Waals surface area contributed by atoms with E-state index in [1.807, 2.05) is 19.1 Å². The number of benzene rings is 1. The first-order chi connectivity index (χ1) is 11.7. The molecule has 140 valence electrons. The molecule has 0 radical (unpaired) electrons. The van der Waals surface area contributed by atoms with Crippen molar-refractivity contribution in [1.82, 2.24) is 15.5 Å². The fraction of sp³-hybridized carbons (Fsp3) is 0.500. The van der Waals surface area contributed by atoms with E-state index < -0.39 is 0 Å². The number of rotatable bonds is 7. The number of hydrogen-bond donors (Lipinski definition) is 2. The first-order valence-electron chi connectivity index (χ1n) is 8.45. The standard InChI is InChI=1S/C18H27FN4O.HI/c1-3-9-21-18(20-4-2)22-14-17(23-10-12-24-13-11-23)15-5-7-16(19)8-6-15;/h3,5-8,17H,1,4,9-14H2,2H3,(H2,20,21,22);1H. The Kier molecular flexibility index (Phi) is 10.7. The fourth-order valence-corrected chi connectivity index (χ4v) is 2.69. The van der Waals surface area contributed by atoms with Crippen LogP contribution in [0.1, 0.15) is 18.5 Å². The molecule has 0 spiro atoms. The van der Waals surface area contributed by atoms with Gasteiger partial charge >= 0.3 is 0 Å². The van der Waals surface area contributed by atoms with Gasteiger partial charge in [0.2, 0.25) is 0 Å². The van der Waals surface area contributed by atoms with Gasteiger partial charge in [-0.25, -0.2) is 4.39 Å². The molecule has 1 fully saturated rings. The van der Waals surface area contributed by atoms with Gasteiger partial charge < -0.3 is 15.4 Å². The van der Waals surface area contributed by atoms with Gasteiger partial charge in [-0.05, 0) is 24.6 Å². The van der Waals surface area contributed by atoms with E-state index in [2.05, 4.69) is 22.1 Å². The summed E-state index contributed by atoms with van der Waals surface area (Å²) >= 11 is 0. The summed E-state index contributed by atoms with van der Waals surface area (Å²) in [5, 5.41) is 6.43. The average Bonchev–Trinajstić information content (AvgIpc) is 2.62. The molecule has 2 rings (SSSR count). The van der Waals surface area contributed by atoms with Crippen LogP contribution in [-0.2, 0) is 4.74 Å². The molecule has 2 N–H and O–H groups in total. The maximum Gasteiger partial charge on any atom is 0.191 e. The molecule has 1 aromatic carbocycles. The van der Waals surface area contributed by atoms with Crippen LogP contribution in [0.4, 0.5) is 4.39 Å². The first-order valence-corrected chi connectivity index (χ1v) is 8.45.